The van der Waals surface area contributed by atoms with Crippen molar-refractivity contribution in [2.24, 2.45) is 0 Å². The van der Waals surface area contributed by atoms with E-state index in [1.165, 1.54) is 35.0 Å². The van der Waals surface area contributed by atoms with Crippen LogP contribution in [0.1, 0.15) is 54.4 Å². The van der Waals surface area contributed by atoms with Crippen LogP contribution in [-0.2, 0) is 20.4 Å². The fourth-order valence-corrected chi connectivity index (χ4v) is 8.09. The van der Waals surface area contributed by atoms with Gasteiger partial charge in [-0.3, -0.25) is 0 Å². The Labute approximate surface area is 209 Å². The summed E-state index contributed by atoms with van der Waals surface area (Å²) in [5.41, 5.74) is 5.53. The first-order chi connectivity index (χ1) is 16.5. The van der Waals surface area contributed by atoms with Crippen molar-refractivity contribution < 1.29 is 14.4 Å². The second-order valence-corrected chi connectivity index (χ2v) is 12.4. The molecule has 3 aromatic rings. The molecule has 176 valence electrons. The Balaban J connectivity index is 1.59. The number of para-hydroxylation sites is 1. The fourth-order valence-electron chi connectivity index (χ4n) is 5.42. The zero-order chi connectivity index (χ0) is 24.9. The van der Waals surface area contributed by atoms with Crippen LogP contribution in [0.4, 0.5) is 20.9 Å². The number of nitrogens with one attached hydrogen (secondary N) is 1. The Kier molecular flexibility index (Phi) is 4.42. The van der Waals surface area contributed by atoms with Crippen LogP contribution in [0, 0.1) is 0 Å². The average molecular weight is 531 g/mol. The molecular formula is C27H24N4O3Se. The van der Waals surface area contributed by atoms with Crippen LogP contribution >= 0.6 is 0 Å². The summed E-state index contributed by atoms with van der Waals surface area (Å²) in [6.07, 6.45) is 3.48. The number of urea groups is 1. The van der Waals surface area contributed by atoms with Crippen molar-refractivity contribution in [1.82, 2.24) is 15.2 Å². The van der Waals surface area contributed by atoms with Gasteiger partial charge in [-0.1, -0.05) is 0 Å². The van der Waals surface area contributed by atoms with Gasteiger partial charge in [0.15, 0.2) is 0 Å². The van der Waals surface area contributed by atoms with Gasteiger partial charge < -0.3 is 0 Å². The molecule has 4 amide bonds. The van der Waals surface area contributed by atoms with Gasteiger partial charge in [-0.2, -0.15) is 0 Å². The van der Waals surface area contributed by atoms with Crippen molar-refractivity contribution in [3.8, 4) is 0 Å². The molecule has 6 rings (SSSR count). The molecule has 1 N–H and O–H groups in total. The van der Waals surface area contributed by atoms with Crippen molar-refractivity contribution >= 4 is 54.5 Å². The SMILES string of the molecule is CN1C(=O)NC(=O)/C(=C\c2cc3c([se]2)N2c4ncccc4C(C)(C)c4cccc(c42)C3(C)C)C1=O. The molecule has 1 saturated heterocycles. The number of hydrogen-bond acceptors (Lipinski definition) is 5. The number of carbonyl (C=O) groups is 3. The molecule has 3 aliphatic rings. The predicted octanol–water partition coefficient (Wildman–Crippen LogP) is 3.98. The number of benzene rings is 1. The van der Waals surface area contributed by atoms with E-state index in [9.17, 15) is 14.4 Å². The number of hydrogen-bond donors (Lipinski definition) is 1. The van der Waals surface area contributed by atoms with Crippen molar-refractivity contribution in [2.45, 2.75) is 38.5 Å². The van der Waals surface area contributed by atoms with E-state index in [4.69, 9.17) is 4.98 Å². The van der Waals surface area contributed by atoms with Crippen LogP contribution in [-0.4, -0.2) is 49.3 Å². The second-order valence-electron chi connectivity index (χ2n) is 10.2. The predicted molar refractivity (Wildman–Crippen MR) is 134 cm³/mol. The fraction of sp³-hybridized carbons (Fsp3) is 0.259. The summed E-state index contributed by atoms with van der Waals surface area (Å²) in [4.78, 5) is 45.0. The molecule has 2 aromatic heterocycles. The Morgan fingerprint density at radius 3 is 2.31 bits per heavy atom. The van der Waals surface area contributed by atoms with E-state index in [2.05, 4.69) is 68.2 Å². The first-order valence-electron chi connectivity index (χ1n) is 11.4. The topological polar surface area (TPSA) is 82.6 Å². The van der Waals surface area contributed by atoms with E-state index < -0.39 is 17.8 Å². The van der Waals surface area contributed by atoms with Crippen LogP contribution in [0.3, 0.4) is 0 Å². The third-order valence-corrected chi connectivity index (χ3v) is 9.72. The van der Waals surface area contributed by atoms with Crippen molar-refractivity contribution in [3.63, 3.8) is 0 Å². The van der Waals surface area contributed by atoms with E-state index in [0.717, 1.165) is 19.7 Å². The normalized spacial score (nSPS) is 20.4. The van der Waals surface area contributed by atoms with Crippen LogP contribution in [0.5, 0.6) is 0 Å². The number of pyridine rings is 1. The molecule has 0 atom stereocenters. The Morgan fingerprint density at radius 2 is 1.60 bits per heavy atom. The molecule has 5 heterocycles. The van der Waals surface area contributed by atoms with Crippen molar-refractivity contribution in [3.05, 3.63) is 74.9 Å². The molecule has 0 radical (unpaired) electrons. The van der Waals surface area contributed by atoms with E-state index in [-0.39, 0.29) is 30.9 Å². The van der Waals surface area contributed by atoms with Gasteiger partial charge in [-0.05, 0) is 0 Å². The van der Waals surface area contributed by atoms with Gasteiger partial charge in [0.1, 0.15) is 0 Å². The summed E-state index contributed by atoms with van der Waals surface area (Å²) < 4.78 is 2.08. The summed E-state index contributed by atoms with van der Waals surface area (Å²) in [5.74, 6) is -0.311. The maximum absolute atomic E-state index is 12.7. The zero-order valence-corrected chi connectivity index (χ0v) is 21.8. The average Bonchev–Trinajstić information content (AvgIpc) is 3.25. The molecule has 35 heavy (non-hydrogen) atoms. The van der Waals surface area contributed by atoms with Gasteiger partial charge in [-0.15, -0.1) is 0 Å². The minimum absolute atomic E-state index is 0.0191. The summed E-state index contributed by atoms with van der Waals surface area (Å²) >= 11 is -0.179. The minimum atomic E-state index is -0.705. The summed E-state index contributed by atoms with van der Waals surface area (Å²) in [6.45, 7) is 8.94. The Hall–Kier alpha value is -3.48. The van der Waals surface area contributed by atoms with Crippen LogP contribution in [0.25, 0.3) is 6.08 Å². The number of aromatic nitrogens is 1. The number of nitrogens with zero attached hydrogens (tertiary/aromatic N) is 3. The quantitative estimate of drug-likeness (QED) is 0.292. The first-order valence-corrected chi connectivity index (χ1v) is 13.1. The monoisotopic (exact) mass is 532 g/mol. The third-order valence-electron chi connectivity index (χ3n) is 7.48. The summed E-state index contributed by atoms with van der Waals surface area (Å²) in [7, 11) is 1.37. The van der Waals surface area contributed by atoms with Gasteiger partial charge in [0, 0.05) is 0 Å². The standard InChI is InChI=1S/C27H24N4O3Se/c1-26(2)16-8-6-9-17-20(16)31(21-18(26)10-7-11-28-21)24-19(27(17,3)4)13-14(35-24)12-15-22(32)29-25(34)30(5)23(15)33/h6-13H,1-5H3,(H,29,32,34)/b15-12+. The van der Waals surface area contributed by atoms with Crippen molar-refractivity contribution in [1.29, 1.82) is 0 Å². The summed E-state index contributed by atoms with van der Waals surface area (Å²) in [5, 5.41) is 2.24. The number of carbonyl (C=O) groups excluding carboxylic acids is 3. The number of barbiturate groups is 1. The van der Waals surface area contributed by atoms with E-state index in [1.807, 2.05) is 12.3 Å². The van der Waals surface area contributed by atoms with Gasteiger partial charge in [0.25, 0.3) is 0 Å². The van der Waals surface area contributed by atoms with E-state index >= 15 is 0 Å². The van der Waals surface area contributed by atoms with Gasteiger partial charge in [0.05, 0.1) is 0 Å². The van der Waals surface area contributed by atoms with Gasteiger partial charge >= 0.3 is 209 Å². The number of amides is 4. The molecule has 3 aliphatic heterocycles. The third kappa shape index (κ3) is 2.84. The van der Waals surface area contributed by atoms with Crippen LogP contribution < -0.4 is 10.2 Å². The van der Waals surface area contributed by atoms with Gasteiger partial charge in [-0.25, -0.2) is 0 Å². The maximum atomic E-state index is 12.7. The van der Waals surface area contributed by atoms with Crippen molar-refractivity contribution in [2.75, 3.05) is 11.9 Å². The molecule has 8 heteroatoms. The molecule has 0 spiro atoms. The molecule has 1 fully saturated rings. The van der Waals surface area contributed by atoms with E-state index in [0.29, 0.717) is 0 Å². The van der Waals surface area contributed by atoms with Crippen LogP contribution in [0.15, 0.2) is 48.2 Å². The Morgan fingerprint density at radius 1 is 0.943 bits per heavy atom. The molecule has 1 aromatic carbocycles. The molecule has 0 unspecified atom stereocenters. The molecule has 0 bridgehead atoms. The zero-order valence-electron chi connectivity index (χ0n) is 20.1. The van der Waals surface area contributed by atoms with Crippen LogP contribution in [0.2, 0.25) is 0 Å². The molecule has 0 aliphatic carbocycles. The number of fused-ring (bicyclic) bond motifs is 4. The first kappa shape index (κ1) is 22.0. The molecule has 0 saturated carbocycles. The number of likely N-dealkylation sites (N-methyl/N-ethyl adjacent to an activating group) is 1. The number of anilines is 3. The van der Waals surface area contributed by atoms with E-state index in [1.54, 1.807) is 6.08 Å². The number of imide groups is 2. The van der Waals surface area contributed by atoms with Gasteiger partial charge in [0.2, 0.25) is 0 Å². The molecular weight excluding hydrogens is 507 g/mol. The summed E-state index contributed by atoms with van der Waals surface area (Å²) in [6, 6.07) is 12.1. The Bertz CT molecular complexity index is 1510. The number of rotatable bonds is 1. The molecule has 7 nitrogen and oxygen atoms in total. The second kappa shape index (κ2) is 7.03.